The van der Waals surface area contributed by atoms with Gasteiger partial charge in [0.05, 0.1) is 0 Å². The number of carbonyl (C=O) groups excluding carboxylic acids is 1. The molecule has 1 unspecified atom stereocenters. The van der Waals surface area contributed by atoms with Crippen LogP contribution >= 0.6 is 0 Å². The van der Waals surface area contributed by atoms with E-state index in [0.29, 0.717) is 6.42 Å². The summed E-state index contributed by atoms with van der Waals surface area (Å²) in [6.07, 6.45) is 16.2. The third kappa shape index (κ3) is 17.3. The summed E-state index contributed by atoms with van der Waals surface area (Å²) >= 11 is 0. The van der Waals surface area contributed by atoms with Gasteiger partial charge in [-0.15, -0.1) is 0 Å². The van der Waals surface area contributed by atoms with Crippen LogP contribution in [-0.2, 0) is 14.3 Å². The zero-order valence-corrected chi connectivity index (χ0v) is 15.9. The first-order valence-electron chi connectivity index (χ1n) is 9.95. The highest BCUT2D eigenvalue weighted by Crippen LogP contribution is 2.16. The molecule has 0 spiro atoms. The van der Waals surface area contributed by atoms with E-state index in [1.165, 1.54) is 51.9 Å². The van der Waals surface area contributed by atoms with Gasteiger partial charge >= 0.3 is 11.9 Å². The van der Waals surface area contributed by atoms with Crippen molar-refractivity contribution in [2.45, 2.75) is 116 Å². The predicted octanol–water partition coefficient (Wildman–Crippen LogP) is 5.87. The fourth-order valence-corrected chi connectivity index (χ4v) is 3.00. The molecule has 0 aromatic rings. The van der Waals surface area contributed by atoms with Crippen LogP contribution in [0.4, 0.5) is 0 Å². The number of hydrogen-bond acceptors (Lipinski definition) is 3. The normalized spacial score (nSPS) is 12.1. The standard InChI is InChI=1S/C20H38O4/c1-3-4-5-12-15-19(24-18(2)21)16-13-10-8-6-7-9-11-14-17-20(22)23/h19H,3-17H2,1-2H3,(H,22,23). The second-order valence-electron chi connectivity index (χ2n) is 6.84. The Morgan fingerprint density at radius 1 is 0.792 bits per heavy atom. The van der Waals surface area contributed by atoms with Crippen molar-refractivity contribution in [1.29, 1.82) is 0 Å². The fraction of sp³-hybridized carbons (Fsp3) is 0.900. The molecule has 0 saturated carbocycles. The lowest BCUT2D eigenvalue weighted by Gasteiger charge is -2.17. The Morgan fingerprint density at radius 2 is 1.25 bits per heavy atom. The highest BCUT2D eigenvalue weighted by molar-refractivity contribution is 5.66. The number of rotatable bonds is 17. The minimum atomic E-state index is -0.688. The van der Waals surface area contributed by atoms with E-state index in [2.05, 4.69) is 6.92 Å². The van der Waals surface area contributed by atoms with Crippen LogP contribution in [0.2, 0.25) is 0 Å². The van der Waals surface area contributed by atoms with Gasteiger partial charge in [0.2, 0.25) is 0 Å². The van der Waals surface area contributed by atoms with Crippen molar-refractivity contribution in [2.75, 3.05) is 0 Å². The lowest BCUT2D eigenvalue weighted by molar-refractivity contribution is -0.147. The largest absolute Gasteiger partial charge is 0.481 e. The number of aliphatic carboxylic acids is 1. The molecule has 4 nitrogen and oxygen atoms in total. The second-order valence-corrected chi connectivity index (χ2v) is 6.84. The Balaban J connectivity index is 3.54. The van der Waals surface area contributed by atoms with Gasteiger partial charge in [0, 0.05) is 13.3 Å². The molecule has 0 bridgehead atoms. The van der Waals surface area contributed by atoms with Crippen molar-refractivity contribution in [3.8, 4) is 0 Å². The lowest BCUT2D eigenvalue weighted by Crippen LogP contribution is -2.16. The van der Waals surface area contributed by atoms with Crippen LogP contribution in [0.3, 0.4) is 0 Å². The van der Waals surface area contributed by atoms with Gasteiger partial charge in [-0.2, -0.15) is 0 Å². The van der Waals surface area contributed by atoms with Crippen LogP contribution in [0.15, 0.2) is 0 Å². The molecule has 142 valence electrons. The molecular formula is C20H38O4. The van der Waals surface area contributed by atoms with Crippen molar-refractivity contribution in [1.82, 2.24) is 0 Å². The minimum Gasteiger partial charge on any atom is -0.481 e. The van der Waals surface area contributed by atoms with E-state index >= 15 is 0 Å². The molecule has 24 heavy (non-hydrogen) atoms. The van der Waals surface area contributed by atoms with E-state index < -0.39 is 5.97 Å². The van der Waals surface area contributed by atoms with Crippen molar-refractivity contribution in [3.63, 3.8) is 0 Å². The Labute approximate surface area is 148 Å². The number of ether oxygens (including phenoxy) is 1. The van der Waals surface area contributed by atoms with Gasteiger partial charge in [-0.1, -0.05) is 64.7 Å². The van der Waals surface area contributed by atoms with Gasteiger partial charge in [0.25, 0.3) is 0 Å². The molecule has 0 fully saturated rings. The number of esters is 1. The maximum atomic E-state index is 11.2. The maximum absolute atomic E-state index is 11.2. The van der Waals surface area contributed by atoms with Crippen molar-refractivity contribution in [2.24, 2.45) is 0 Å². The predicted molar refractivity (Wildman–Crippen MR) is 98.1 cm³/mol. The summed E-state index contributed by atoms with van der Waals surface area (Å²) in [5, 5.41) is 8.56. The number of carboxylic acids is 1. The Hall–Kier alpha value is -1.06. The summed E-state index contributed by atoms with van der Waals surface area (Å²) in [6.45, 7) is 3.71. The lowest BCUT2D eigenvalue weighted by atomic mass is 10.0. The van der Waals surface area contributed by atoms with Gasteiger partial charge in [-0.25, -0.2) is 0 Å². The summed E-state index contributed by atoms with van der Waals surface area (Å²) in [5.41, 5.74) is 0. The third-order valence-corrected chi connectivity index (χ3v) is 4.38. The van der Waals surface area contributed by atoms with Crippen LogP contribution in [0.5, 0.6) is 0 Å². The maximum Gasteiger partial charge on any atom is 0.303 e. The zero-order valence-electron chi connectivity index (χ0n) is 15.9. The first kappa shape index (κ1) is 22.9. The summed E-state index contributed by atoms with van der Waals surface area (Å²) < 4.78 is 5.43. The van der Waals surface area contributed by atoms with Crippen molar-refractivity contribution >= 4 is 11.9 Å². The summed E-state index contributed by atoms with van der Waals surface area (Å²) in [7, 11) is 0. The number of unbranched alkanes of at least 4 members (excludes halogenated alkanes) is 10. The fourth-order valence-electron chi connectivity index (χ4n) is 3.00. The second kappa shape index (κ2) is 16.8. The average molecular weight is 343 g/mol. The highest BCUT2D eigenvalue weighted by atomic mass is 16.5. The van der Waals surface area contributed by atoms with Crippen LogP contribution in [0.1, 0.15) is 110 Å². The summed E-state index contributed by atoms with van der Waals surface area (Å²) in [4.78, 5) is 21.6. The van der Waals surface area contributed by atoms with E-state index in [0.717, 1.165) is 44.9 Å². The monoisotopic (exact) mass is 342 g/mol. The van der Waals surface area contributed by atoms with Crippen molar-refractivity contribution in [3.05, 3.63) is 0 Å². The smallest absolute Gasteiger partial charge is 0.303 e. The van der Waals surface area contributed by atoms with E-state index in [9.17, 15) is 9.59 Å². The zero-order chi connectivity index (χ0) is 18.0. The van der Waals surface area contributed by atoms with Gasteiger partial charge in [-0.05, 0) is 32.1 Å². The summed E-state index contributed by atoms with van der Waals surface area (Å²) in [6, 6.07) is 0. The van der Waals surface area contributed by atoms with Gasteiger partial charge < -0.3 is 9.84 Å². The topological polar surface area (TPSA) is 63.6 Å². The Kier molecular flexibility index (Phi) is 16.0. The van der Waals surface area contributed by atoms with E-state index in [4.69, 9.17) is 9.84 Å². The molecule has 0 saturated heterocycles. The molecular weight excluding hydrogens is 304 g/mol. The molecule has 1 N–H and O–H groups in total. The van der Waals surface area contributed by atoms with Gasteiger partial charge in [0.1, 0.15) is 6.10 Å². The molecule has 0 rings (SSSR count). The highest BCUT2D eigenvalue weighted by Gasteiger charge is 2.11. The van der Waals surface area contributed by atoms with Crippen LogP contribution < -0.4 is 0 Å². The number of carbonyl (C=O) groups is 2. The average Bonchev–Trinajstić information content (AvgIpc) is 2.52. The first-order chi connectivity index (χ1) is 11.6. The quantitative estimate of drug-likeness (QED) is 0.265. The number of carboxylic acid groups (broad SMARTS) is 1. The molecule has 0 aliphatic carbocycles. The molecule has 0 aliphatic rings. The van der Waals surface area contributed by atoms with Crippen LogP contribution in [0.25, 0.3) is 0 Å². The third-order valence-electron chi connectivity index (χ3n) is 4.38. The van der Waals surface area contributed by atoms with E-state index in [1.54, 1.807) is 0 Å². The first-order valence-corrected chi connectivity index (χ1v) is 9.95. The molecule has 0 aliphatic heterocycles. The molecule has 1 atom stereocenters. The number of hydrogen-bond donors (Lipinski definition) is 1. The van der Waals surface area contributed by atoms with Crippen molar-refractivity contribution < 1.29 is 19.4 Å². The molecule has 0 amide bonds. The Bertz CT molecular complexity index is 315. The van der Waals surface area contributed by atoms with Crippen LogP contribution in [-0.4, -0.2) is 23.1 Å². The SMILES string of the molecule is CCCCCCC(CCCCCCCCCCC(=O)O)OC(C)=O. The van der Waals surface area contributed by atoms with Crippen LogP contribution in [0, 0.1) is 0 Å². The minimum absolute atomic E-state index is 0.107. The van der Waals surface area contributed by atoms with Gasteiger partial charge in [-0.3, -0.25) is 9.59 Å². The van der Waals surface area contributed by atoms with E-state index in [-0.39, 0.29) is 12.1 Å². The molecule has 0 aromatic carbocycles. The molecule has 0 radical (unpaired) electrons. The van der Waals surface area contributed by atoms with Gasteiger partial charge in [0.15, 0.2) is 0 Å². The Morgan fingerprint density at radius 3 is 1.71 bits per heavy atom. The molecule has 0 aromatic heterocycles. The summed E-state index contributed by atoms with van der Waals surface area (Å²) in [5.74, 6) is -0.844. The molecule has 4 heteroatoms. The van der Waals surface area contributed by atoms with E-state index in [1.807, 2.05) is 0 Å². The molecule has 0 heterocycles.